The minimum atomic E-state index is -0.255. The van der Waals surface area contributed by atoms with Crippen LogP contribution in [0.4, 0.5) is 10.2 Å². The number of aryl methyl sites for hydroxylation is 1. The van der Waals surface area contributed by atoms with Crippen molar-refractivity contribution in [3.8, 4) is 0 Å². The summed E-state index contributed by atoms with van der Waals surface area (Å²) in [5.41, 5.74) is 4.26. The standard InChI is InChI=1S/C21H21FN6/c1-12(27-21-19-20(24-10-23-19)25-11-26-21)16-8-14-5-6-15(22)9-18(14)28-17(16)7-4-13-2-3-13/h5-6,8-13H,2-4,7H2,1H3,(H2,23,24,25,26,27). The third kappa shape index (κ3) is 3.28. The number of imidazole rings is 1. The van der Waals surface area contributed by atoms with Gasteiger partial charge in [-0.05, 0) is 49.4 Å². The number of aromatic nitrogens is 5. The van der Waals surface area contributed by atoms with Gasteiger partial charge in [-0.25, -0.2) is 19.3 Å². The van der Waals surface area contributed by atoms with E-state index in [1.165, 1.54) is 31.3 Å². The van der Waals surface area contributed by atoms with E-state index in [0.29, 0.717) is 17.0 Å². The first-order valence-corrected chi connectivity index (χ1v) is 9.67. The third-order valence-electron chi connectivity index (χ3n) is 5.42. The molecule has 1 saturated carbocycles. The number of benzene rings is 1. The molecule has 1 aliphatic carbocycles. The average molecular weight is 376 g/mol. The molecule has 0 saturated heterocycles. The highest BCUT2D eigenvalue weighted by atomic mass is 19.1. The van der Waals surface area contributed by atoms with Crippen LogP contribution in [0.3, 0.4) is 0 Å². The minimum absolute atomic E-state index is 0.0162. The maximum atomic E-state index is 13.7. The number of hydrogen-bond acceptors (Lipinski definition) is 5. The molecule has 1 unspecified atom stereocenters. The van der Waals surface area contributed by atoms with Gasteiger partial charge < -0.3 is 10.3 Å². The molecule has 5 rings (SSSR count). The zero-order valence-corrected chi connectivity index (χ0v) is 15.6. The van der Waals surface area contributed by atoms with Gasteiger partial charge in [-0.1, -0.05) is 12.8 Å². The normalized spacial score (nSPS) is 15.2. The lowest BCUT2D eigenvalue weighted by molar-refractivity contribution is 0.629. The Bertz CT molecular complexity index is 1150. The largest absolute Gasteiger partial charge is 0.362 e. The number of fused-ring (bicyclic) bond motifs is 2. The summed E-state index contributed by atoms with van der Waals surface area (Å²) in [6.07, 6.45) is 7.78. The molecular weight excluding hydrogens is 355 g/mol. The van der Waals surface area contributed by atoms with Gasteiger partial charge in [0.25, 0.3) is 0 Å². The number of pyridine rings is 1. The zero-order valence-electron chi connectivity index (χ0n) is 15.6. The van der Waals surface area contributed by atoms with E-state index >= 15 is 0 Å². The van der Waals surface area contributed by atoms with Crippen molar-refractivity contribution in [1.82, 2.24) is 24.9 Å². The minimum Gasteiger partial charge on any atom is -0.362 e. The number of halogens is 1. The van der Waals surface area contributed by atoms with E-state index in [-0.39, 0.29) is 11.9 Å². The highest BCUT2D eigenvalue weighted by molar-refractivity contribution is 5.83. The summed E-state index contributed by atoms with van der Waals surface area (Å²) < 4.78 is 13.7. The number of aromatic amines is 1. The molecule has 0 bridgehead atoms. The number of rotatable bonds is 6. The molecule has 142 valence electrons. The van der Waals surface area contributed by atoms with Gasteiger partial charge in [-0.15, -0.1) is 0 Å². The van der Waals surface area contributed by atoms with E-state index < -0.39 is 0 Å². The molecule has 28 heavy (non-hydrogen) atoms. The zero-order chi connectivity index (χ0) is 19.1. The Morgan fingerprint density at radius 1 is 1.21 bits per heavy atom. The molecule has 3 heterocycles. The predicted octanol–water partition coefficient (Wildman–Crippen LogP) is 4.56. The van der Waals surface area contributed by atoms with Gasteiger partial charge in [-0.3, -0.25) is 4.98 Å². The molecule has 6 nitrogen and oxygen atoms in total. The molecule has 1 fully saturated rings. The van der Waals surface area contributed by atoms with Gasteiger partial charge >= 0.3 is 0 Å². The van der Waals surface area contributed by atoms with Crippen LogP contribution in [0.25, 0.3) is 22.1 Å². The molecule has 4 aromatic rings. The van der Waals surface area contributed by atoms with Crippen LogP contribution < -0.4 is 5.32 Å². The summed E-state index contributed by atoms with van der Waals surface area (Å²) in [5.74, 6) is 1.27. The van der Waals surface area contributed by atoms with Crippen molar-refractivity contribution in [3.63, 3.8) is 0 Å². The third-order valence-corrected chi connectivity index (χ3v) is 5.42. The first-order chi connectivity index (χ1) is 13.7. The van der Waals surface area contributed by atoms with Crippen LogP contribution in [0.2, 0.25) is 0 Å². The molecule has 0 spiro atoms. The lowest BCUT2D eigenvalue weighted by Crippen LogP contribution is -2.12. The summed E-state index contributed by atoms with van der Waals surface area (Å²) in [4.78, 5) is 20.6. The Kier molecular flexibility index (Phi) is 4.15. The second-order valence-electron chi connectivity index (χ2n) is 7.53. The molecule has 0 aliphatic heterocycles. The van der Waals surface area contributed by atoms with Crippen LogP contribution in [0.15, 0.2) is 36.9 Å². The molecular formula is C21H21FN6. The van der Waals surface area contributed by atoms with E-state index in [0.717, 1.165) is 40.9 Å². The quantitative estimate of drug-likeness (QED) is 0.516. The van der Waals surface area contributed by atoms with Gasteiger partial charge in [0, 0.05) is 17.1 Å². The number of nitrogens with zero attached hydrogens (tertiary/aromatic N) is 4. The van der Waals surface area contributed by atoms with Crippen molar-refractivity contribution in [1.29, 1.82) is 0 Å². The van der Waals surface area contributed by atoms with Crippen molar-refractivity contribution >= 4 is 27.9 Å². The van der Waals surface area contributed by atoms with Crippen LogP contribution in [0.5, 0.6) is 0 Å². The second-order valence-corrected chi connectivity index (χ2v) is 7.53. The Hall–Kier alpha value is -3.09. The summed E-state index contributed by atoms with van der Waals surface area (Å²) in [7, 11) is 0. The Morgan fingerprint density at radius 3 is 2.96 bits per heavy atom. The van der Waals surface area contributed by atoms with Gasteiger partial charge in [0.05, 0.1) is 17.9 Å². The molecule has 1 aromatic carbocycles. The van der Waals surface area contributed by atoms with E-state index in [2.05, 4.69) is 38.2 Å². The molecule has 1 aliphatic rings. The lowest BCUT2D eigenvalue weighted by atomic mass is 9.99. The van der Waals surface area contributed by atoms with Crippen LogP contribution in [0.1, 0.15) is 43.5 Å². The highest BCUT2D eigenvalue weighted by Gasteiger charge is 2.23. The average Bonchev–Trinajstić information content (AvgIpc) is 3.40. The predicted molar refractivity (Wildman–Crippen MR) is 106 cm³/mol. The molecule has 0 amide bonds. The van der Waals surface area contributed by atoms with E-state index in [1.807, 2.05) is 0 Å². The van der Waals surface area contributed by atoms with Crippen molar-refractivity contribution in [3.05, 3.63) is 54.0 Å². The fourth-order valence-electron chi connectivity index (χ4n) is 3.68. The molecule has 3 aromatic heterocycles. The lowest BCUT2D eigenvalue weighted by Gasteiger charge is -2.19. The summed E-state index contributed by atoms with van der Waals surface area (Å²) >= 11 is 0. The number of anilines is 1. The SMILES string of the molecule is CC(Nc1ncnc2nc[nH]c12)c1cc2ccc(F)cc2nc1CCC1CC1. The van der Waals surface area contributed by atoms with Crippen LogP contribution in [0, 0.1) is 11.7 Å². The topological polar surface area (TPSA) is 79.4 Å². The molecule has 7 heteroatoms. The van der Waals surface area contributed by atoms with E-state index in [1.54, 1.807) is 12.4 Å². The Balaban J connectivity index is 1.52. The number of nitrogens with one attached hydrogen (secondary N) is 2. The summed E-state index contributed by atoms with van der Waals surface area (Å²) in [6, 6.07) is 6.88. The van der Waals surface area contributed by atoms with E-state index in [4.69, 9.17) is 4.98 Å². The summed E-state index contributed by atoms with van der Waals surface area (Å²) in [6.45, 7) is 2.09. The highest BCUT2D eigenvalue weighted by Crippen LogP contribution is 2.35. The number of H-pyrrole nitrogens is 1. The first kappa shape index (κ1) is 17.0. The van der Waals surface area contributed by atoms with Gasteiger partial charge in [-0.2, -0.15) is 0 Å². The van der Waals surface area contributed by atoms with Crippen LogP contribution >= 0.6 is 0 Å². The second kappa shape index (κ2) is 6.82. The van der Waals surface area contributed by atoms with Crippen LogP contribution in [-0.4, -0.2) is 24.9 Å². The van der Waals surface area contributed by atoms with Crippen molar-refractivity contribution < 1.29 is 4.39 Å². The van der Waals surface area contributed by atoms with Gasteiger partial charge in [0.1, 0.15) is 17.7 Å². The Labute approximate surface area is 161 Å². The van der Waals surface area contributed by atoms with Crippen molar-refractivity contribution in [2.75, 3.05) is 5.32 Å². The Morgan fingerprint density at radius 2 is 2.11 bits per heavy atom. The fraction of sp³-hybridized carbons (Fsp3) is 0.333. The molecule has 2 N–H and O–H groups in total. The van der Waals surface area contributed by atoms with Crippen molar-refractivity contribution in [2.45, 2.75) is 38.6 Å². The van der Waals surface area contributed by atoms with Gasteiger partial charge in [0.15, 0.2) is 11.5 Å². The number of hydrogen-bond donors (Lipinski definition) is 2. The maximum absolute atomic E-state index is 13.7. The van der Waals surface area contributed by atoms with Gasteiger partial charge in [0.2, 0.25) is 0 Å². The van der Waals surface area contributed by atoms with E-state index in [9.17, 15) is 4.39 Å². The molecule has 1 atom stereocenters. The summed E-state index contributed by atoms with van der Waals surface area (Å²) in [5, 5.41) is 4.41. The molecule has 0 radical (unpaired) electrons. The maximum Gasteiger partial charge on any atom is 0.182 e. The smallest absolute Gasteiger partial charge is 0.182 e. The van der Waals surface area contributed by atoms with Crippen LogP contribution in [-0.2, 0) is 6.42 Å². The first-order valence-electron chi connectivity index (χ1n) is 9.67. The monoisotopic (exact) mass is 376 g/mol. The fourth-order valence-corrected chi connectivity index (χ4v) is 3.68. The van der Waals surface area contributed by atoms with Crippen molar-refractivity contribution in [2.24, 2.45) is 5.92 Å².